The molecule has 0 saturated carbocycles. The molecule has 4 nitrogen and oxygen atoms in total. The summed E-state index contributed by atoms with van der Waals surface area (Å²) in [6, 6.07) is 0. The van der Waals surface area contributed by atoms with Crippen molar-refractivity contribution >= 4 is 0 Å². The molecule has 2 N–H and O–H groups in total. The van der Waals surface area contributed by atoms with Gasteiger partial charge in [-0.05, 0) is 25.7 Å². The maximum Gasteiger partial charge on any atom is 0.219 e. The van der Waals surface area contributed by atoms with E-state index in [1.165, 1.54) is 24.8 Å². The van der Waals surface area contributed by atoms with Crippen LogP contribution in [-0.4, -0.2) is 23.1 Å². The lowest BCUT2D eigenvalue weighted by Crippen LogP contribution is -2.13. The van der Waals surface area contributed by atoms with Crippen LogP contribution in [0.25, 0.3) is 0 Å². The monoisotopic (exact) mass is 207 g/mol. The van der Waals surface area contributed by atoms with E-state index >= 15 is 0 Å². The number of nitrogens with zero attached hydrogens (tertiary/aromatic N) is 2. The van der Waals surface area contributed by atoms with Crippen molar-refractivity contribution in [2.45, 2.75) is 32.1 Å². The topological polar surface area (TPSA) is 61.0 Å². The van der Waals surface area contributed by atoms with E-state index in [-0.39, 0.29) is 0 Å². The third kappa shape index (κ3) is 2.45. The molecule has 0 saturated heterocycles. The van der Waals surface area contributed by atoms with Gasteiger partial charge in [-0.15, -0.1) is 0 Å². The second kappa shape index (κ2) is 5.07. The van der Waals surface area contributed by atoms with E-state index in [0.717, 1.165) is 24.4 Å². The van der Waals surface area contributed by atoms with E-state index in [2.05, 4.69) is 9.97 Å². The lowest BCUT2D eigenvalue weighted by Gasteiger charge is -2.10. The summed E-state index contributed by atoms with van der Waals surface area (Å²) in [4.78, 5) is 8.51. The zero-order valence-corrected chi connectivity index (χ0v) is 8.91. The van der Waals surface area contributed by atoms with Crippen molar-refractivity contribution in [1.82, 2.24) is 9.97 Å². The fraction of sp³-hybridized carbons (Fsp3) is 0.636. The molecule has 0 radical (unpaired) electrons. The maximum absolute atomic E-state index is 5.53. The van der Waals surface area contributed by atoms with E-state index in [0.29, 0.717) is 13.2 Å². The highest BCUT2D eigenvalue weighted by molar-refractivity contribution is 5.30. The predicted octanol–water partition coefficient (Wildman–Crippen LogP) is 1.08. The lowest BCUT2D eigenvalue weighted by atomic mass is 10.1. The normalized spacial score (nSPS) is 15.5. The molecule has 0 fully saturated rings. The van der Waals surface area contributed by atoms with E-state index in [1.54, 1.807) is 6.33 Å². The molecule has 1 heterocycles. The maximum atomic E-state index is 5.53. The highest BCUT2D eigenvalue weighted by atomic mass is 16.5. The predicted molar refractivity (Wildman–Crippen MR) is 57.8 cm³/mol. The molecule has 0 aliphatic heterocycles. The van der Waals surface area contributed by atoms with Crippen molar-refractivity contribution in [3.8, 4) is 5.88 Å². The first-order valence-electron chi connectivity index (χ1n) is 5.57. The van der Waals surface area contributed by atoms with Crippen LogP contribution in [0.5, 0.6) is 5.88 Å². The summed E-state index contributed by atoms with van der Waals surface area (Å²) in [5.41, 5.74) is 7.77. The van der Waals surface area contributed by atoms with Crippen molar-refractivity contribution in [2.24, 2.45) is 5.73 Å². The Balaban J connectivity index is 2.22. The lowest BCUT2D eigenvalue weighted by molar-refractivity contribution is 0.310. The van der Waals surface area contributed by atoms with Gasteiger partial charge in [-0.25, -0.2) is 9.97 Å². The van der Waals surface area contributed by atoms with Gasteiger partial charge in [0, 0.05) is 12.1 Å². The van der Waals surface area contributed by atoms with Crippen LogP contribution in [0.3, 0.4) is 0 Å². The highest BCUT2D eigenvalue weighted by Crippen LogP contribution is 2.25. The van der Waals surface area contributed by atoms with Crippen LogP contribution < -0.4 is 10.5 Å². The van der Waals surface area contributed by atoms with Gasteiger partial charge in [0.05, 0.1) is 5.69 Å². The SMILES string of the molecule is NCCOc1ncnc2c1CCCCC2. The number of ether oxygens (including phenoxy) is 1. The summed E-state index contributed by atoms with van der Waals surface area (Å²) < 4.78 is 5.53. The number of aryl methyl sites for hydroxylation is 1. The molecule has 1 aliphatic rings. The van der Waals surface area contributed by atoms with Gasteiger partial charge in [-0.1, -0.05) is 6.42 Å². The quantitative estimate of drug-likeness (QED) is 0.753. The first-order valence-corrected chi connectivity index (χ1v) is 5.57. The second-order valence-electron chi connectivity index (χ2n) is 3.80. The van der Waals surface area contributed by atoms with Crippen LogP contribution in [0.1, 0.15) is 30.5 Å². The Labute approximate surface area is 89.9 Å². The molecule has 82 valence electrons. The molecule has 1 aliphatic carbocycles. The smallest absolute Gasteiger partial charge is 0.219 e. The molecule has 15 heavy (non-hydrogen) atoms. The molecule has 4 heteroatoms. The van der Waals surface area contributed by atoms with Crippen LogP contribution in [0.2, 0.25) is 0 Å². The van der Waals surface area contributed by atoms with Crippen molar-refractivity contribution in [2.75, 3.05) is 13.2 Å². The Morgan fingerprint density at radius 3 is 2.93 bits per heavy atom. The van der Waals surface area contributed by atoms with Crippen LogP contribution >= 0.6 is 0 Å². The van der Waals surface area contributed by atoms with Crippen LogP contribution in [-0.2, 0) is 12.8 Å². The molecular weight excluding hydrogens is 190 g/mol. The summed E-state index contributed by atoms with van der Waals surface area (Å²) in [6.45, 7) is 1.06. The number of aromatic nitrogens is 2. The molecule has 0 spiro atoms. The van der Waals surface area contributed by atoms with Crippen LogP contribution in [0.4, 0.5) is 0 Å². The molecule has 0 unspecified atom stereocenters. The second-order valence-corrected chi connectivity index (χ2v) is 3.80. The largest absolute Gasteiger partial charge is 0.476 e. The molecule has 1 aromatic rings. The fourth-order valence-electron chi connectivity index (χ4n) is 1.95. The van der Waals surface area contributed by atoms with E-state index in [4.69, 9.17) is 10.5 Å². The van der Waals surface area contributed by atoms with Crippen molar-refractivity contribution in [1.29, 1.82) is 0 Å². The number of hydrogen-bond acceptors (Lipinski definition) is 4. The molecule has 0 bridgehead atoms. The van der Waals surface area contributed by atoms with Gasteiger partial charge in [-0.3, -0.25) is 0 Å². The minimum Gasteiger partial charge on any atom is -0.476 e. The molecular formula is C11H17N3O. The Bertz CT molecular complexity index is 328. The Hall–Kier alpha value is -1.16. The van der Waals surface area contributed by atoms with Gasteiger partial charge in [-0.2, -0.15) is 0 Å². The van der Waals surface area contributed by atoms with Crippen LogP contribution in [0, 0.1) is 0 Å². The summed E-state index contributed by atoms with van der Waals surface area (Å²) in [5.74, 6) is 0.743. The molecule has 1 aromatic heterocycles. The van der Waals surface area contributed by atoms with Gasteiger partial charge in [0.2, 0.25) is 5.88 Å². The van der Waals surface area contributed by atoms with E-state index < -0.39 is 0 Å². The first kappa shape index (κ1) is 10.4. The molecule has 0 amide bonds. The highest BCUT2D eigenvalue weighted by Gasteiger charge is 2.14. The van der Waals surface area contributed by atoms with Crippen molar-refractivity contribution in [3.05, 3.63) is 17.6 Å². The van der Waals surface area contributed by atoms with E-state index in [1.807, 2.05) is 0 Å². The summed E-state index contributed by atoms with van der Waals surface area (Å²) in [6.07, 6.45) is 7.38. The molecule has 2 rings (SSSR count). The number of rotatable bonds is 3. The van der Waals surface area contributed by atoms with Gasteiger partial charge < -0.3 is 10.5 Å². The van der Waals surface area contributed by atoms with Crippen molar-refractivity contribution in [3.63, 3.8) is 0 Å². The summed E-state index contributed by atoms with van der Waals surface area (Å²) in [7, 11) is 0. The first-order chi connectivity index (χ1) is 7.42. The van der Waals surface area contributed by atoms with Gasteiger partial charge in [0.15, 0.2) is 0 Å². The third-order valence-corrected chi connectivity index (χ3v) is 2.69. The van der Waals surface area contributed by atoms with Crippen molar-refractivity contribution < 1.29 is 4.74 Å². The van der Waals surface area contributed by atoms with Gasteiger partial charge >= 0.3 is 0 Å². The number of hydrogen-bond donors (Lipinski definition) is 1. The van der Waals surface area contributed by atoms with Gasteiger partial charge in [0.1, 0.15) is 12.9 Å². The average molecular weight is 207 g/mol. The number of fused-ring (bicyclic) bond motifs is 1. The molecule has 0 aromatic carbocycles. The van der Waals surface area contributed by atoms with E-state index in [9.17, 15) is 0 Å². The summed E-state index contributed by atoms with van der Waals surface area (Å²) >= 11 is 0. The van der Waals surface area contributed by atoms with Crippen LogP contribution in [0.15, 0.2) is 6.33 Å². The Kier molecular flexibility index (Phi) is 3.50. The Morgan fingerprint density at radius 2 is 2.07 bits per heavy atom. The standard InChI is InChI=1S/C11H17N3O/c12-6-7-15-11-9-4-2-1-3-5-10(9)13-8-14-11/h8H,1-7,12H2. The zero-order valence-electron chi connectivity index (χ0n) is 8.91. The summed E-state index contributed by atoms with van der Waals surface area (Å²) in [5, 5.41) is 0. The Morgan fingerprint density at radius 1 is 1.20 bits per heavy atom. The minimum absolute atomic E-state index is 0.527. The van der Waals surface area contributed by atoms with Gasteiger partial charge in [0.25, 0.3) is 0 Å². The zero-order chi connectivity index (χ0) is 10.5. The minimum atomic E-state index is 0.527. The average Bonchev–Trinajstić information content (AvgIpc) is 2.51. The fourth-order valence-corrected chi connectivity index (χ4v) is 1.95. The number of nitrogens with two attached hydrogens (primary N) is 1. The third-order valence-electron chi connectivity index (χ3n) is 2.69. The molecule has 0 atom stereocenters.